The van der Waals surface area contributed by atoms with Crippen LogP contribution in [0.5, 0.6) is 11.6 Å². The molecule has 1 N–H and O–H groups in total. The van der Waals surface area contributed by atoms with E-state index in [1.807, 2.05) is 38.1 Å². The highest BCUT2D eigenvalue weighted by Gasteiger charge is 2.20. The van der Waals surface area contributed by atoms with Gasteiger partial charge >= 0.3 is 0 Å². The molecule has 4 aromatic rings. The van der Waals surface area contributed by atoms with Gasteiger partial charge in [-0.25, -0.2) is 4.39 Å². The zero-order valence-corrected chi connectivity index (χ0v) is 18.3. The summed E-state index contributed by atoms with van der Waals surface area (Å²) in [6.45, 7) is 4.37. The molecule has 0 fully saturated rings. The standard InChI is InChI=1S/C24H23FN4O4/c1-3-19-27-23(21-22(29-33-24(21)28-19)15-9-11-17(25)12-10-15)32-14-20(30)26-13-16-7-5-6-8-18(16)31-4-2/h5-12H,3-4,13-14H2,1-2H3,(H,26,30). The van der Waals surface area contributed by atoms with Crippen molar-refractivity contribution in [3.63, 3.8) is 0 Å². The maximum atomic E-state index is 13.3. The van der Waals surface area contributed by atoms with Crippen LogP contribution in [-0.4, -0.2) is 34.2 Å². The van der Waals surface area contributed by atoms with Crippen LogP contribution in [0.25, 0.3) is 22.4 Å². The van der Waals surface area contributed by atoms with Gasteiger partial charge in [0.25, 0.3) is 11.6 Å². The van der Waals surface area contributed by atoms with Gasteiger partial charge in [0.2, 0.25) is 5.88 Å². The molecule has 0 aliphatic rings. The Kier molecular flexibility index (Phi) is 6.77. The molecule has 33 heavy (non-hydrogen) atoms. The van der Waals surface area contributed by atoms with Crippen LogP contribution in [0.1, 0.15) is 25.2 Å². The Morgan fingerprint density at radius 3 is 2.61 bits per heavy atom. The van der Waals surface area contributed by atoms with Gasteiger partial charge in [-0.3, -0.25) is 4.79 Å². The van der Waals surface area contributed by atoms with Gasteiger partial charge in [0.05, 0.1) is 6.61 Å². The van der Waals surface area contributed by atoms with Crippen molar-refractivity contribution in [2.45, 2.75) is 26.8 Å². The Labute approximate surface area is 189 Å². The monoisotopic (exact) mass is 450 g/mol. The van der Waals surface area contributed by atoms with Crippen LogP contribution in [0.15, 0.2) is 53.1 Å². The lowest BCUT2D eigenvalue weighted by atomic mass is 10.1. The van der Waals surface area contributed by atoms with E-state index in [-0.39, 0.29) is 29.9 Å². The topological polar surface area (TPSA) is 99.4 Å². The number of hydrogen-bond acceptors (Lipinski definition) is 7. The number of benzene rings is 2. The molecule has 0 saturated carbocycles. The molecule has 0 unspecified atom stereocenters. The SMILES string of the molecule is CCOc1ccccc1CNC(=O)COc1nc(CC)nc2onc(-c3ccc(F)cc3)c12. The van der Waals surface area contributed by atoms with Crippen molar-refractivity contribution < 1.29 is 23.2 Å². The van der Waals surface area contributed by atoms with E-state index in [4.69, 9.17) is 14.0 Å². The lowest BCUT2D eigenvalue weighted by molar-refractivity contribution is -0.123. The molecule has 0 bridgehead atoms. The number of ether oxygens (including phenoxy) is 2. The van der Waals surface area contributed by atoms with Crippen LogP contribution >= 0.6 is 0 Å². The van der Waals surface area contributed by atoms with Crippen molar-refractivity contribution in [1.29, 1.82) is 0 Å². The zero-order chi connectivity index (χ0) is 23.2. The number of aryl methyl sites for hydroxylation is 1. The summed E-state index contributed by atoms with van der Waals surface area (Å²) in [6, 6.07) is 13.3. The highest BCUT2D eigenvalue weighted by molar-refractivity contribution is 5.93. The van der Waals surface area contributed by atoms with E-state index < -0.39 is 0 Å². The van der Waals surface area contributed by atoms with Gasteiger partial charge in [0, 0.05) is 24.1 Å². The molecule has 1 amide bonds. The molecule has 9 heteroatoms. The Balaban J connectivity index is 1.52. The van der Waals surface area contributed by atoms with E-state index in [2.05, 4.69) is 20.4 Å². The molecular weight excluding hydrogens is 427 g/mol. The third-order valence-corrected chi connectivity index (χ3v) is 4.87. The number of amides is 1. The minimum Gasteiger partial charge on any atom is -0.494 e. The number of nitrogens with one attached hydrogen (secondary N) is 1. The summed E-state index contributed by atoms with van der Waals surface area (Å²) in [5, 5.41) is 7.31. The van der Waals surface area contributed by atoms with Crippen LogP contribution in [0, 0.1) is 5.82 Å². The molecule has 0 saturated heterocycles. The number of rotatable bonds is 9. The molecule has 0 aliphatic heterocycles. The first-order chi connectivity index (χ1) is 16.1. The third-order valence-electron chi connectivity index (χ3n) is 4.87. The molecule has 8 nitrogen and oxygen atoms in total. The second-order valence-electron chi connectivity index (χ2n) is 7.12. The predicted octanol–water partition coefficient (Wildman–Crippen LogP) is 4.08. The first-order valence-electron chi connectivity index (χ1n) is 10.6. The van der Waals surface area contributed by atoms with E-state index in [1.165, 1.54) is 12.1 Å². The number of nitrogens with zero attached hydrogens (tertiary/aromatic N) is 3. The van der Waals surface area contributed by atoms with Crippen molar-refractivity contribution in [3.05, 3.63) is 65.7 Å². The third kappa shape index (κ3) is 5.08. The number of para-hydroxylation sites is 1. The first kappa shape index (κ1) is 22.2. The van der Waals surface area contributed by atoms with Crippen molar-refractivity contribution in [2.24, 2.45) is 0 Å². The van der Waals surface area contributed by atoms with Gasteiger partial charge in [-0.15, -0.1) is 0 Å². The number of carbonyl (C=O) groups excluding carboxylic acids is 1. The van der Waals surface area contributed by atoms with Crippen LogP contribution in [0.2, 0.25) is 0 Å². The summed E-state index contributed by atoms with van der Waals surface area (Å²) in [7, 11) is 0. The minimum atomic E-state index is -0.366. The highest BCUT2D eigenvalue weighted by atomic mass is 19.1. The summed E-state index contributed by atoms with van der Waals surface area (Å²) in [4.78, 5) is 21.2. The van der Waals surface area contributed by atoms with Gasteiger partial charge in [-0.1, -0.05) is 30.3 Å². The van der Waals surface area contributed by atoms with E-state index in [0.29, 0.717) is 42.0 Å². The summed E-state index contributed by atoms with van der Waals surface area (Å²) >= 11 is 0. The van der Waals surface area contributed by atoms with Gasteiger partial charge in [0.1, 0.15) is 28.5 Å². The van der Waals surface area contributed by atoms with Crippen LogP contribution < -0.4 is 14.8 Å². The number of carbonyl (C=O) groups is 1. The fraction of sp³-hybridized carbons (Fsp3) is 0.250. The predicted molar refractivity (Wildman–Crippen MR) is 119 cm³/mol. The fourth-order valence-corrected chi connectivity index (χ4v) is 3.26. The molecule has 2 aromatic carbocycles. The second-order valence-corrected chi connectivity index (χ2v) is 7.12. The van der Waals surface area contributed by atoms with Crippen LogP contribution in [-0.2, 0) is 17.8 Å². The van der Waals surface area contributed by atoms with Crippen molar-refractivity contribution >= 4 is 17.0 Å². The maximum absolute atomic E-state index is 13.3. The van der Waals surface area contributed by atoms with E-state index in [9.17, 15) is 9.18 Å². The molecule has 170 valence electrons. The average molecular weight is 450 g/mol. The number of fused-ring (bicyclic) bond motifs is 1. The van der Waals surface area contributed by atoms with Gasteiger partial charge in [-0.2, -0.15) is 9.97 Å². The largest absolute Gasteiger partial charge is 0.494 e. The quantitative estimate of drug-likeness (QED) is 0.410. The second kappa shape index (κ2) is 10.1. The van der Waals surface area contributed by atoms with E-state index in [0.717, 1.165) is 11.3 Å². The first-order valence-corrected chi connectivity index (χ1v) is 10.6. The average Bonchev–Trinajstić information content (AvgIpc) is 3.26. The highest BCUT2D eigenvalue weighted by Crippen LogP contribution is 2.33. The minimum absolute atomic E-state index is 0.183. The maximum Gasteiger partial charge on any atom is 0.265 e. The Morgan fingerprint density at radius 2 is 1.85 bits per heavy atom. The Bertz CT molecular complexity index is 1260. The Hall–Kier alpha value is -4.01. The molecule has 4 rings (SSSR count). The summed E-state index contributed by atoms with van der Waals surface area (Å²) in [6.07, 6.45) is 0.541. The van der Waals surface area contributed by atoms with Gasteiger partial charge in [-0.05, 0) is 37.3 Å². The fourth-order valence-electron chi connectivity index (χ4n) is 3.26. The molecule has 0 atom stereocenters. The zero-order valence-electron chi connectivity index (χ0n) is 18.3. The van der Waals surface area contributed by atoms with Gasteiger partial charge < -0.3 is 19.3 Å². The lowest BCUT2D eigenvalue weighted by Gasteiger charge is -2.11. The van der Waals surface area contributed by atoms with E-state index in [1.54, 1.807) is 12.1 Å². The normalized spacial score (nSPS) is 10.9. The molecule has 0 aliphatic carbocycles. The van der Waals surface area contributed by atoms with Crippen LogP contribution in [0.3, 0.4) is 0 Å². The van der Waals surface area contributed by atoms with Crippen LogP contribution in [0.4, 0.5) is 4.39 Å². The molecule has 2 heterocycles. The molecule has 0 spiro atoms. The summed E-state index contributed by atoms with van der Waals surface area (Å²) in [5.74, 6) is 0.702. The molecular formula is C24H23FN4O4. The van der Waals surface area contributed by atoms with Crippen molar-refractivity contribution in [1.82, 2.24) is 20.4 Å². The lowest BCUT2D eigenvalue weighted by Crippen LogP contribution is -2.28. The van der Waals surface area contributed by atoms with Gasteiger partial charge in [0.15, 0.2) is 6.61 Å². The van der Waals surface area contributed by atoms with Crippen molar-refractivity contribution in [3.8, 4) is 22.9 Å². The van der Waals surface area contributed by atoms with E-state index >= 15 is 0 Å². The smallest absolute Gasteiger partial charge is 0.265 e. The summed E-state index contributed by atoms with van der Waals surface area (Å²) < 4.78 is 30.1. The summed E-state index contributed by atoms with van der Waals surface area (Å²) in [5.41, 5.74) is 2.13. The molecule has 2 aromatic heterocycles. The Morgan fingerprint density at radius 1 is 1.06 bits per heavy atom. The number of hydrogen-bond donors (Lipinski definition) is 1. The number of aromatic nitrogens is 3. The van der Waals surface area contributed by atoms with Crippen molar-refractivity contribution in [2.75, 3.05) is 13.2 Å². The molecule has 0 radical (unpaired) electrons. The number of halogens is 1.